The molecule has 1 rings (SSSR count). The van der Waals surface area contributed by atoms with E-state index in [0.717, 1.165) is 70.9 Å². The van der Waals surface area contributed by atoms with Crippen molar-refractivity contribution in [1.82, 2.24) is 4.90 Å². The lowest BCUT2D eigenvalue weighted by atomic mass is 9.72. The van der Waals surface area contributed by atoms with Gasteiger partial charge in [-0.05, 0) is 128 Å². The van der Waals surface area contributed by atoms with E-state index in [4.69, 9.17) is 9.47 Å². The maximum absolute atomic E-state index is 13.3. The van der Waals surface area contributed by atoms with E-state index < -0.39 is 0 Å². The number of piperidine rings is 1. The average molecular weight is 804 g/mol. The largest absolute Gasteiger partial charge is 0.498 e. The maximum atomic E-state index is 13.3. The summed E-state index contributed by atoms with van der Waals surface area (Å²) in [4.78, 5) is 16.0. The topological polar surface area (TPSA) is 59.0 Å². The fourth-order valence-corrected chi connectivity index (χ4v) is 9.59. The molecule has 0 aromatic carbocycles. The van der Waals surface area contributed by atoms with Crippen molar-refractivity contribution in [1.29, 1.82) is 0 Å². The lowest BCUT2D eigenvalue weighted by Gasteiger charge is -2.43. The Morgan fingerprint density at radius 3 is 1.51 bits per heavy atom. The molecule has 1 N–H and O–H groups in total. The standard InChI is InChI=1S/C52H101NO4/c1-7-11-15-19-21-25-35-48(34-23-17-13-9-3)50(47(5)6)56-44-31-27-38-52(40-33-42-53(46-52)41-29-30-43-54)39-28-32-45-57-51(55)49(36-24-18-14-10-4)37-26-22-20-16-12-8-2/h48-49,54H,7-46H2,1-6H3. The van der Waals surface area contributed by atoms with E-state index >= 15 is 0 Å². The number of aliphatic hydroxyl groups excluding tert-OH is 1. The van der Waals surface area contributed by atoms with Gasteiger partial charge < -0.3 is 19.5 Å². The highest BCUT2D eigenvalue weighted by Crippen LogP contribution is 2.40. The molecule has 1 fully saturated rings. The van der Waals surface area contributed by atoms with Crippen molar-refractivity contribution in [2.75, 3.05) is 39.5 Å². The summed E-state index contributed by atoms with van der Waals surface area (Å²) in [5.41, 5.74) is 1.72. The highest BCUT2D eigenvalue weighted by Gasteiger charge is 2.34. The Bertz CT molecular complexity index is 931. The Kier molecular flexibility index (Phi) is 35.9. The molecule has 3 atom stereocenters. The second kappa shape index (κ2) is 37.9. The molecule has 5 nitrogen and oxygen atoms in total. The van der Waals surface area contributed by atoms with Crippen molar-refractivity contribution in [3.05, 3.63) is 11.3 Å². The van der Waals surface area contributed by atoms with E-state index in [0.29, 0.717) is 24.5 Å². The molecule has 1 heterocycles. The van der Waals surface area contributed by atoms with Gasteiger partial charge >= 0.3 is 5.97 Å². The van der Waals surface area contributed by atoms with Gasteiger partial charge in [-0.1, -0.05) is 156 Å². The van der Waals surface area contributed by atoms with Gasteiger partial charge in [0.15, 0.2) is 0 Å². The monoisotopic (exact) mass is 804 g/mol. The van der Waals surface area contributed by atoms with E-state index in [2.05, 4.69) is 46.4 Å². The van der Waals surface area contributed by atoms with Crippen LogP contribution in [0, 0.1) is 17.3 Å². The number of rotatable bonds is 41. The highest BCUT2D eigenvalue weighted by molar-refractivity contribution is 5.72. The summed E-state index contributed by atoms with van der Waals surface area (Å²) in [5, 5.41) is 9.44. The number of esters is 1. The van der Waals surface area contributed by atoms with Gasteiger partial charge in [0.2, 0.25) is 0 Å². The van der Waals surface area contributed by atoms with Crippen molar-refractivity contribution in [3.63, 3.8) is 0 Å². The SMILES string of the molecule is CCCCCCCCC(CCCCCC)C(=O)OCCCCC1(CCCCOC(=C(C)C)C(CCCCCC)CCCCCCCC)CCCN(CCCCO)C1. The molecule has 1 aliphatic rings. The zero-order valence-corrected chi connectivity index (χ0v) is 39.6. The van der Waals surface area contributed by atoms with Gasteiger partial charge in [-0.15, -0.1) is 0 Å². The van der Waals surface area contributed by atoms with E-state index in [1.165, 1.54) is 185 Å². The fraction of sp³-hybridized carbons (Fsp3) is 0.942. The van der Waals surface area contributed by atoms with Gasteiger partial charge in [0.05, 0.1) is 24.9 Å². The van der Waals surface area contributed by atoms with Crippen LogP contribution in [-0.2, 0) is 14.3 Å². The van der Waals surface area contributed by atoms with Crippen molar-refractivity contribution >= 4 is 5.97 Å². The first kappa shape index (κ1) is 53.9. The molecule has 0 bridgehead atoms. The lowest BCUT2D eigenvalue weighted by Crippen LogP contribution is -2.43. The molecular weight excluding hydrogens is 703 g/mol. The van der Waals surface area contributed by atoms with Crippen molar-refractivity contribution in [3.8, 4) is 0 Å². The summed E-state index contributed by atoms with van der Waals surface area (Å²) in [7, 11) is 0. The Hall–Kier alpha value is -1.07. The van der Waals surface area contributed by atoms with Crippen LogP contribution < -0.4 is 0 Å². The summed E-state index contributed by atoms with van der Waals surface area (Å²) < 4.78 is 12.8. The Balaban J connectivity index is 2.76. The maximum Gasteiger partial charge on any atom is 0.308 e. The molecule has 0 spiro atoms. The lowest BCUT2D eigenvalue weighted by molar-refractivity contribution is -0.149. The van der Waals surface area contributed by atoms with Crippen LogP contribution in [0.15, 0.2) is 11.3 Å². The molecule has 0 aliphatic carbocycles. The second-order valence-corrected chi connectivity index (χ2v) is 18.8. The summed E-state index contributed by atoms with van der Waals surface area (Å²) in [6.07, 6.45) is 42.0. The van der Waals surface area contributed by atoms with Crippen LogP contribution >= 0.6 is 0 Å². The third kappa shape index (κ3) is 28.2. The van der Waals surface area contributed by atoms with Gasteiger partial charge in [-0.3, -0.25) is 4.79 Å². The van der Waals surface area contributed by atoms with Gasteiger partial charge in [0.25, 0.3) is 0 Å². The number of hydrogen-bond acceptors (Lipinski definition) is 5. The molecule has 0 aromatic rings. The Morgan fingerprint density at radius 2 is 1.02 bits per heavy atom. The third-order valence-electron chi connectivity index (χ3n) is 13.1. The number of hydrogen-bond donors (Lipinski definition) is 1. The van der Waals surface area contributed by atoms with E-state index in [9.17, 15) is 9.90 Å². The quantitative estimate of drug-likeness (QED) is 0.0379. The molecular formula is C52H101NO4. The van der Waals surface area contributed by atoms with Gasteiger partial charge in [-0.2, -0.15) is 0 Å². The average Bonchev–Trinajstić information content (AvgIpc) is 3.20. The molecule has 1 aliphatic heterocycles. The number of ether oxygens (including phenoxy) is 2. The number of nitrogens with zero attached hydrogens (tertiary/aromatic N) is 1. The zero-order chi connectivity index (χ0) is 41.7. The summed E-state index contributed by atoms with van der Waals surface area (Å²) in [6, 6.07) is 0. The molecule has 338 valence electrons. The minimum absolute atomic E-state index is 0.0772. The van der Waals surface area contributed by atoms with Gasteiger partial charge in [0.1, 0.15) is 0 Å². The molecule has 57 heavy (non-hydrogen) atoms. The first-order valence-electron chi connectivity index (χ1n) is 25.7. The van der Waals surface area contributed by atoms with Crippen LogP contribution in [0.5, 0.6) is 0 Å². The van der Waals surface area contributed by atoms with Crippen LogP contribution in [0.4, 0.5) is 0 Å². The molecule has 0 aromatic heterocycles. The number of carbonyl (C=O) groups is 1. The van der Waals surface area contributed by atoms with Crippen LogP contribution in [0.25, 0.3) is 0 Å². The number of allylic oxidation sites excluding steroid dienone is 2. The van der Waals surface area contributed by atoms with E-state index in [1.54, 1.807) is 0 Å². The third-order valence-corrected chi connectivity index (χ3v) is 13.1. The Labute approximate surface area is 357 Å². The minimum atomic E-state index is 0.0772. The first-order valence-corrected chi connectivity index (χ1v) is 25.7. The molecule has 5 heteroatoms. The zero-order valence-electron chi connectivity index (χ0n) is 39.6. The number of likely N-dealkylation sites (tertiary alicyclic amines) is 1. The van der Waals surface area contributed by atoms with Gasteiger partial charge in [-0.25, -0.2) is 0 Å². The number of aliphatic hydroxyl groups is 1. The van der Waals surface area contributed by atoms with Crippen LogP contribution in [-0.4, -0.2) is 55.4 Å². The van der Waals surface area contributed by atoms with Crippen molar-refractivity contribution in [2.45, 2.75) is 260 Å². The van der Waals surface area contributed by atoms with Crippen LogP contribution in [0.3, 0.4) is 0 Å². The summed E-state index contributed by atoms with van der Waals surface area (Å²) in [6.45, 7) is 18.9. The molecule has 1 saturated heterocycles. The van der Waals surface area contributed by atoms with E-state index in [1.807, 2.05) is 0 Å². The Morgan fingerprint density at radius 1 is 0.561 bits per heavy atom. The number of carbonyl (C=O) groups excluding carboxylic acids is 1. The fourth-order valence-electron chi connectivity index (χ4n) is 9.59. The predicted molar refractivity (Wildman–Crippen MR) is 248 cm³/mol. The van der Waals surface area contributed by atoms with Crippen LogP contribution in [0.1, 0.15) is 260 Å². The predicted octanol–water partition coefficient (Wildman–Crippen LogP) is 15.7. The van der Waals surface area contributed by atoms with Crippen LogP contribution in [0.2, 0.25) is 0 Å². The molecule has 0 radical (unpaired) electrons. The summed E-state index contributed by atoms with van der Waals surface area (Å²) >= 11 is 0. The highest BCUT2D eigenvalue weighted by atomic mass is 16.5. The molecule has 3 unspecified atom stereocenters. The van der Waals surface area contributed by atoms with Gasteiger partial charge in [0, 0.05) is 19.1 Å². The van der Waals surface area contributed by atoms with Crippen molar-refractivity contribution < 1.29 is 19.4 Å². The molecule has 0 amide bonds. The summed E-state index contributed by atoms with van der Waals surface area (Å²) in [5.74, 6) is 2.06. The van der Waals surface area contributed by atoms with E-state index in [-0.39, 0.29) is 11.9 Å². The normalized spacial score (nSPS) is 17.1. The minimum Gasteiger partial charge on any atom is -0.498 e. The number of unbranched alkanes of at least 4 members (excludes halogenated alkanes) is 19. The van der Waals surface area contributed by atoms with Crippen molar-refractivity contribution in [2.24, 2.45) is 17.3 Å². The smallest absolute Gasteiger partial charge is 0.308 e. The molecule has 0 saturated carbocycles. The first-order chi connectivity index (χ1) is 27.9. The second-order valence-electron chi connectivity index (χ2n) is 18.8.